The summed E-state index contributed by atoms with van der Waals surface area (Å²) in [6.07, 6.45) is 5.20. The van der Waals surface area contributed by atoms with Gasteiger partial charge in [0.2, 0.25) is 5.91 Å². The van der Waals surface area contributed by atoms with E-state index < -0.39 is 17.7 Å². The molecule has 2 N–H and O–H groups in total. The van der Waals surface area contributed by atoms with Gasteiger partial charge in [-0.1, -0.05) is 30.5 Å². The van der Waals surface area contributed by atoms with Gasteiger partial charge < -0.3 is 5.32 Å². The Hall–Kier alpha value is -2.42. The quantitative estimate of drug-likeness (QED) is 0.873. The van der Waals surface area contributed by atoms with E-state index in [9.17, 15) is 14.4 Å². The summed E-state index contributed by atoms with van der Waals surface area (Å²) in [7, 11) is 0. The summed E-state index contributed by atoms with van der Waals surface area (Å²) in [5.74, 6) is -1.05. The van der Waals surface area contributed by atoms with Crippen molar-refractivity contribution in [1.29, 1.82) is 0 Å². The summed E-state index contributed by atoms with van der Waals surface area (Å²) in [6, 6.07) is 3.15. The zero-order chi connectivity index (χ0) is 16.9. The largest absolute Gasteiger partial charge is 0.442 e. The number of urea groups is 1. The van der Waals surface area contributed by atoms with E-state index in [1.807, 2.05) is 5.38 Å². The first-order valence-electron chi connectivity index (χ1n) is 7.84. The molecule has 0 spiro atoms. The number of thiophene rings is 1. The van der Waals surface area contributed by atoms with E-state index in [0.29, 0.717) is 4.88 Å². The monoisotopic (exact) mass is 350 g/mol. The highest BCUT2D eigenvalue weighted by Crippen LogP contribution is 2.21. The zero-order valence-corrected chi connectivity index (χ0v) is 13.8. The molecule has 1 aliphatic rings. The molecule has 0 atom stereocenters. The SMILES string of the molecule is O=C(Cn1c(-c2cccs2)noc1=O)NC(=O)NC1CCCCC1. The van der Waals surface area contributed by atoms with Gasteiger partial charge in [-0.05, 0) is 24.3 Å². The zero-order valence-electron chi connectivity index (χ0n) is 13.0. The Balaban J connectivity index is 1.60. The fourth-order valence-electron chi connectivity index (χ4n) is 2.77. The molecule has 2 aromatic rings. The molecule has 2 heterocycles. The number of hydrogen-bond acceptors (Lipinski definition) is 6. The number of hydrogen-bond donors (Lipinski definition) is 2. The Morgan fingerprint density at radius 2 is 2.12 bits per heavy atom. The molecule has 9 heteroatoms. The fraction of sp³-hybridized carbons (Fsp3) is 0.467. The fourth-order valence-corrected chi connectivity index (χ4v) is 3.48. The molecule has 1 saturated carbocycles. The highest BCUT2D eigenvalue weighted by atomic mass is 32.1. The van der Waals surface area contributed by atoms with Crippen LogP contribution >= 0.6 is 11.3 Å². The molecule has 0 bridgehead atoms. The topological polar surface area (TPSA) is 106 Å². The number of imide groups is 1. The molecule has 1 fully saturated rings. The number of carbonyl (C=O) groups excluding carboxylic acids is 2. The smallest absolute Gasteiger partial charge is 0.335 e. The van der Waals surface area contributed by atoms with E-state index in [1.54, 1.807) is 12.1 Å². The van der Waals surface area contributed by atoms with Crippen molar-refractivity contribution in [2.75, 3.05) is 0 Å². The molecule has 0 unspecified atom stereocenters. The number of nitrogens with one attached hydrogen (secondary N) is 2. The number of amides is 3. The molecule has 128 valence electrons. The van der Waals surface area contributed by atoms with Gasteiger partial charge in [-0.2, -0.15) is 0 Å². The summed E-state index contributed by atoms with van der Waals surface area (Å²) >= 11 is 1.37. The summed E-state index contributed by atoms with van der Waals surface area (Å²) in [5.41, 5.74) is 0. The van der Waals surface area contributed by atoms with Crippen molar-refractivity contribution in [3.05, 3.63) is 28.1 Å². The van der Waals surface area contributed by atoms with Gasteiger partial charge in [0, 0.05) is 6.04 Å². The summed E-state index contributed by atoms with van der Waals surface area (Å²) in [5, 5.41) is 10.6. The highest BCUT2D eigenvalue weighted by Gasteiger charge is 2.20. The van der Waals surface area contributed by atoms with Crippen LogP contribution in [0.15, 0.2) is 26.8 Å². The molecule has 0 aromatic carbocycles. The van der Waals surface area contributed by atoms with E-state index >= 15 is 0 Å². The average Bonchev–Trinajstić information content (AvgIpc) is 3.19. The number of nitrogens with zero attached hydrogens (tertiary/aromatic N) is 2. The van der Waals surface area contributed by atoms with E-state index in [4.69, 9.17) is 0 Å². The molecule has 24 heavy (non-hydrogen) atoms. The molecule has 3 amide bonds. The lowest BCUT2D eigenvalue weighted by Gasteiger charge is -2.22. The van der Waals surface area contributed by atoms with Crippen LogP contribution in [0.4, 0.5) is 4.79 Å². The van der Waals surface area contributed by atoms with Crippen LogP contribution in [0.3, 0.4) is 0 Å². The molecule has 1 aliphatic carbocycles. The number of aromatic nitrogens is 2. The second-order valence-electron chi connectivity index (χ2n) is 5.69. The van der Waals surface area contributed by atoms with E-state index in [2.05, 4.69) is 20.3 Å². The van der Waals surface area contributed by atoms with Crippen LogP contribution in [0.25, 0.3) is 10.7 Å². The van der Waals surface area contributed by atoms with Crippen molar-refractivity contribution in [2.24, 2.45) is 0 Å². The van der Waals surface area contributed by atoms with Crippen LogP contribution in [0.5, 0.6) is 0 Å². The lowest BCUT2D eigenvalue weighted by Crippen LogP contribution is -2.46. The second-order valence-corrected chi connectivity index (χ2v) is 6.64. The minimum absolute atomic E-state index is 0.103. The van der Waals surface area contributed by atoms with Gasteiger partial charge in [0.25, 0.3) is 0 Å². The predicted molar refractivity (Wildman–Crippen MR) is 87.6 cm³/mol. The first-order chi connectivity index (χ1) is 11.6. The third-order valence-electron chi connectivity index (χ3n) is 3.92. The van der Waals surface area contributed by atoms with Crippen LogP contribution in [-0.4, -0.2) is 27.7 Å². The predicted octanol–water partition coefficient (Wildman–Crippen LogP) is 1.72. The van der Waals surface area contributed by atoms with Crippen molar-refractivity contribution in [3.8, 4) is 10.7 Å². The molecule has 0 aliphatic heterocycles. The van der Waals surface area contributed by atoms with Crippen LogP contribution < -0.4 is 16.4 Å². The van der Waals surface area contributed by atoms with Crippen molar-refractivity contribution >= 4 is 23.3 Å². The van der Waals surface area contributed by atoms with Gasteiger partial charge in [-0.3, -0.25) is 14.6 Å². The molecular weight excluding hydrogens is 332 g/mol. The Morgan fingerprint density at radius 1 is 1.33 bits per heavy atom. The molecule has 3 rings (SSSR count). The van der Waals surface area contributed by atoms with Gasteiger partial charge in [0.1, 0.15) is 6.54 Å². The van der Waals surface area contributed by atoms with Gasteiger partial charge in [0.05, 0.1) is 4.88 Å². The first-order valence-corrected chi connectivity index (χ1v) is 8.72. The highest BCUT2D eigenvalue weighted by molar-refractivity contribution is 7.13. The molecule has 0 radical (unpaired) electrons. The van der Waals surface area contributed by atoms with Crippen LogP contribution in [0, 0.1) is 0 Å². The number of rotatable bonds is 4. The van der Waals surface area contributed by atoms with E-state index in [1.165, 1.54) is 17.8 Å². The van der Waals surface area contributed by atoms with Crippen LogP contribution in [0.2, 0.25) is 0 Å². The van der Waals surface area contributed by atoms with Crippen molar-refractivity contribution < 1.29 is 14.1 Å². The minimum Gasteiger partial charge on any atom is -0.335 e. The lowest BCUT2D eigenvalue weighted by atomic mass is 9.96. The van der Waals surface area contributed by atoms with Gasteiger partial charge in [-0.25, -0.2) is 14.2 Å². The average molecular weight is 350 g/mol. The summed E-state index contributed by atoms with van der Waals surface area (Å²) < 4.78 is 5.74. The minimum atomic E-state index is -0.735. The maximum atomic E-state index is 12.0. The van der Waals surface area contributed by atoms with Gasteiger partial charge in [0.15, 0.2) is 5.82 Å². The second kappa shape index (κ2) is 7.43. The van der Waals surface area contributed by atoms with Crippen molar-refractivity contribution in [3.63, 3.8) is 0 Å². The maximum Gasteiger partial charge on any atom is 0.442 e. The van der Waals surface area contributed by atoms with E-state index in [0.717, 1.165) is 30.3 Å². The van der Waals surface area contributed by atoms with Crippen LogP contribution in [0.1, 0.15) is 32.1 Å². The molecular formula is C15H18N4O4S. The maximum absolute atomic E-state index is 12.0. The Bertz CT molecular complexity index is 759. The normalized spacial score (nSPS) is 15.2. The summed E-state index contributed by atoms with van der Waals surface area (Å²) in [6.45, 7) is -0.326. The Kier molecular flexibility index (Phi) is 5.09. The number of carbonyl (C=O) groups is 2. The molecule has 2 aromatic heterocycles. The standard InChI is InChI=1S/C15H18N4O4S/c20-12(17-14(21)16-10-5-2-1-3-6-10)9-19-13(18-23-15(19)22)11-7-4-8-24-11/h4,7-8,10H,1-3,5-6,9H2,(H2,16,17,20,21). The van der Waals surface area contributed by atoms with E-state index in [-0.39, 0.29) is 18.4 Å². The first kappa shape index (κ1) is 16.4. The van der Waals surface area contributed by atoms with Crippen molar-refractivity contribution in [2.45, 2.75) is 44.7 Å². The molecule has 8 nitrogen and oxygen atoms in total. The van der Waals surface area contributed by atoms with Crippen LogP contribution in [-0.2, 0) is 11.3 Å². The van der Waals surface area contributed by atoms with Crippen molar-refractivity contribution in [1.82, 2.24) is 20.4 Å². The van der Waals surface area contributed by atoms with Gasteiger partial charge in [-0.15, -0.1) is 11.3 Å². The lowest BCUT2D eigenvalue weighted by molar-refractivity contribution is -0.120. The summed E-state index contributed by atoms with van der Waals surface area (Å²) in [4.78, 5) is 36.4. The third kappa shape index (κ3) is 3.91. The Morgan fingerprint density at radius 3 is 2.83 bits per heavy atom. The third-order valence-corrected chi connectivity index (χ3v) is 4.79. The Labute approximate surface area is 141 Å². The van der Waals surface area contributed by atoms with Gasteiger partial charge >= 0.3 is 11.8 Å². The molecule has 0 saturated heterocycles.